The molecule has 0 spiro atoms. The van der Waals surface area contributed by atoms with Crippen LogP contribution in [0.25, 0.3) is 0 Å². The van der Waals surface area contributed by atoms with Gasteiger partial charge in [-0.05, 0) is 36.4 Å². The number of ether oxygens (including phenoxy) is 5. The highest BCUT2D eigenvalue weighted by molar-refractivity contribution is 5.90. The molecule has 1 aliphatic rings. The predicted octanol–water partition coefficient (Wildman–Crippen LogP) is 3.03. The average Bonchev–Trinajstić information content (AvgIpc) is 3.24. The molecule has 0 unspecified atom stereocenters. The van der Waals surface area contributed by atoms with E-state index in [1.54, 1.807) is 91.0 Å². The van der Waals surface area contributed by atoms with Gasteiger partial charge in [0.05, 0.1) is 16.7 Å². The molecule has 4 rings (SSSR count). The van der Waals surface area contributed by atoms with E-state index < -0.39 is 48.6 Å². The van der Waals surface area contributed by atoms with Crippen molar-refractivity contribution in [2.45, 2.75) is 30.7 Å². The first-order valence-corrected chi connectivity index (χ1v) is 11.6. The van der Waals surface area contributed by atoms with Gasteiger partial charge in [0, 0.05) is 7.11 Å². The summed E-state index contributed by atoms with van der Waals surface area (Å²) in [7, 11) is 1.36. The molecule has 0 amide bonds. The summed E-state index contributed by atoms with van der Waals surface area (Å²) in [6.45, 7) is -0.277. The molecule has 1 fully saturated rings. The fraction of sp³-hybridized carbons (Fsp3) is 0.250. The highest BCUT2D eigenvalue weighted by Gasteiger charge is 2.52. The van der Waals surface area contributed by atoms with Gasteiger partial charge in [0.2, 0.25) is 0 Å². The zero-order valence-electron chi connectivity index (χ0n) is 20.0. The number of aliphatic hydroxyl groups excluding tert-OH is 1. The average molecular weight is 507 g/mol. The fourth-order valence-corrected chi connectivity index (χ4v) is 3.87. The van der Waals surface area contributed by atoms with Crippen LogP contribution >= 0.6 is 0 Å². The van der Waals surface area contributed by atoms with Crippen molar-refractivity contribution in [3.8, 4) is 0 Å². The number of benzene rings is 3. The van der Waals surface area contributed by atoms with Crippen molar-refractivity contribution in [3.63, 3.8) is 0 Å². The van der Waals surface area contributed by atoms with Crippen LogP contribution < -0.4 is 0 Å². The van der Waals surface area contributed by atoms with Gasteiger partial charge in [0.15, 0.2) is 18.5 Å². The normalized spacial score (nSPS) is 21.6. The minimum absolute atomic E-state index is 0.242. The molecule has 9 nitrogen and oxygen atoms in total. The molecule has 5 atom stereocenters. The van der Waals surface area contributed by atoms with Crippen molar-refractivity contribution < 1.29 is 43.2 Å². The van der Waals surface area contributed by atoms with Crippen LogP contribution in [0.3, 0.4) is 0 Å². The van der Waals surface area contributed by atoms with Crippen LogP contribution in [0.5, 0.6) is 0 Å². The van der Waals surface area contributed by atoms with Gasteiger partial charge >= 0.3 is 17.9 Å². The number of carbonyl (C=O) groups is 3. The Balaban J connectivity index is 1.54. The maximum Gasteiger partial charge on any atom is 0.338 e. The number of esters is 3. The summed E-state index contributed by atoms with van der Waals surface area (Å²) in [4.78, 5) is 38.1. The molecule has 0 aliphatic carbocycles. The van der Waals surface area contributed by atoms with E-state index in [1.165, 1.54) is 7.11 Å². The molecule has 1 aliphatic heterocycles. The van der Waals surface area contributed by atoms with Crippen LogP contribution in [0.4, 0.5) is 0 Å². The smallest absolute Gasteiger partial charge is 0.338 e. The summed E-state index contributed by atoms with van der Waals surface area (Å²) in [6.07, 6.45) is -6.35. The van der Waals surface area contributed by atoms with Crippen molar-refractivity contribution in [1.29, 1.82) is 0 Å². The van der Waals surface area contributed by atoms with E-state index in [-0.39, 0.29) is 17.7 Å². The Morgan fingerprint density at radius 2 is 1.16 bits per heavy atom. The second kappa shape index (κ2) is 12.3. The topological polar surface area (TPSA) is 118 Å². The minimum Gasteiger partial charge on any atom is -0.459 e. The van der Waals surface area contributed by atoms with Crippen molar-refractivity contribution in [1.82, 2.24) is 0 Å². The Morgan fingerprint density at radius 1 is 0.730 bits per heavy atom. The molecule has 0 radical (unpaired) electrons. The SMILES string of the molecule is CO[C@H](COC(=O)c1ccccc1)[C@@H]1O[C@H](O)[C@H](OC(=O)c2ccccc2)[C@H]1OC(=O)c1ccccc1. The zero-order chi connectivity index (χ0) is 26.2. The third-order valence-electron chi connectivity index (χ3n) is 5.79. The zero-order valence-corrected chi connectivity index (χ0v) is 20.0. The molecule has 0 saturated carbocycles. The van der Waals surface area contributed by atoms with Crippen molar-refractivity contribution in [3.05, 3.63) is 108 Å². The van der Waals surface area contributed by atoms with Crippen LogP contribution in [0.15, 0.2) is 91.0 Å². The van der Waals surface area contributed by atoms with Crippen molar-refractivity contribution in [2.75, 3.05) is 13.7 Å². The Kier molecular flexibility index (Phi) is 8.63. The van der Waals surface area contributed by atoms with E-state index in [4.69, 9.17) is 23.7 Å². The lowest BCUT2D eigenvalue weighted by molar-refractivity contribution is -0.156. The van der Waals surface area contributed by atoms with Gasteiger partial charge in [-0.2, -0.15) is 0 Å². The van der Waals surface area contributed by atoms with Crippen molar-refractivity contribution >= 4 is 17.9 Å². The number of aliphatic hydroxyl groups is 1. The first kappa shape index (κ1) is 26.0. The van der Waals surface area contributed by atoms with Gasteiger partial charge in [0.1, 0.15) is 18.8 Å². The summed E-state index contributed by atoms with van der Waals surface area (Å²) in [5.41, 5.74) is 0.832. The Hall–Kier alpha value is -4.05. The molecule has 37 heavy (non-hydrogen) atoms. The number of hydrogen-bond donors (Lipinski definition) is 1. The maximum atomic E-state index is 12.9. The largest absolute Gasteiger partial charge is 0.459 e. The lowest BCUT2D eigenvalue weighted by Crippen LogP contribution is -2.46. The number of methoxy groups -OCH3 is 1. The summed E-state index contributed by atoms with van der Waals surface area (Å²) in [5.74, 6) is -2.05. The standard InChI is InChI=1S/C28H26O9/c1-33-21(17-34-25(29)18-11-5-2-6-12-18)22-23(36-26(30)19-13-7-3-8-14-19)24(28(32)35-22)37-27(31)20-15-9-4-10-16-20/h2-16,21-24,28,32H,17H2,1H3/t21-,22+,23+,24-,28+/m1/s1. The van der Waals surface area contributed by atoms with E-state index in [0.29, 0.717) is 5.56 Å². The van der Waals surface area contributed by atoms with Crippen LogP contribution in [-0.2, 0) is 23.7 Å². The van der Waals surface area contributed by atoms with E-state index >= 15 is 0 Å². The van der Waals surface area contributed by atoms with E-state index in [1.807, 2.05) is 0 Å². The second-order valence-corrected chi connectivity index (χ2v) is 8.20. The maximum absolute atomic E-state index is 12.9. The van der Waals surface area contributed by atoms with E-state index in [0.717, 1.165) is 0 Å². The molecule has 1 N–H and O–H groups in total. The number of rotatable bonds is 9. The van der Waals surface area contributed by atoms with E-state index in [9.17, 15) is 19.5 Å². The van der Waals surface area contributed by atoms with Gasteiger partial charge in [-0.25, -0.2) is 14.4 Å². The fourth-order valence-electron chi connectivity index (χ4n) is 3.87. The summed E-state index contributed by atoms with van der Waals surface area (Å²) < 4.78 is 27.7. The Bertz CT molecular complexity index is 1180. The lowest BCUT2D eigenvalue weighted by atomic mass is 10.1. The number of hydrogen-bond acceptors (Lipinski definition) is 9. The Labute approximate surface area is 213 Å². The van der Waals surface area contributed by atoms with Gasteiger partial charge in [0.25, 0.3) is 0 Å². The molecule has 3 aromatic rings. The van der Waals surface area contributed by atoms with Gasteiger partial charge < -0.3 is 28.8 Å². The molecule has 0 bridgehead atoms. The summed E-state index contributed by atoms with van der Waals surface area (Å²) >= 11 is 0. The predicted molar refractivity (Wildman–Crippen MR) is 130 cm³/mol. The first-order valence-electron chi connectivity index (χ1n) is 11.6. The lowest BCUT2D eigenvalue weighted by Gasteiger charge is -2.27. The molecule has 9 heteroatoms. The molecule has 3 aromatic carbocycles. The third-order valence-corrected chi connectivity index (χ3v) is 5.79. The van der Waals surface area contributed by atoms with Crippen LogP contribution in [-0.4, -0.2) is 67.4 Å². The van der Waals surface area contributed by atoms with Crippen LogP contribution in [0.1, 0.15) is 31.1 Å². The molecular formula is C28H26O9. The Morgan fingerprint density at radius 3 is 1.62 bits per heavy atom. The summed E-state index contributed by atoms with van der Waals surface area (Å²) in [5, 5.41) is 10.7. The molecule has 0 aromatic heterocycles. The van der Waals surface area contributed by atoms with Crippen molar-refractivity contribution in [2.24, 2.45) is 0 Å². The van der Waals surface area contributed by atoms with E-state index in [2.05, 4.69) is 0 Å². The van der Waals surface area contributed by atoms with Crippen LogP contribution in [0, 0.1) is 0 Å². The second-order valence-electron chi connectivity index (χ2n) is 8.20. The highest BCUT2D eigenvalue weighted by Crippen LogP contribution is 2.30. The summed E-state index contributed by atoms with van der Waals surface area (Å²) in [6, 6.07) is 24.7. The number of carbonyl (C=O) groups excluding carboxylic acids is 3. The molecular weight excluding hydrogens is 480 g/mol. The third kappa shape index (κ3) is 6.39. The molecule has 192 valence electrons. The van der Waals surface area contributed by atoms with Gasteiger partial charge in [-0.1, -0.05) is 54.6 Å². The molecule has 1 heterocycles. The van der Waals surface area contributed by atoms with Gasteiger partial charge in [-0.15, -0.1) is 0 Å². The monoisotopic (exact) mass is 506 g/mol. The van der Waals surface area contributed by atoms with Gasteiger partial charge in [-0.3, -0.25) is 0 Å². The minimum atomic E-state index is -1.63. The highest BCUT2D eigenvalue weighted by atomic mass is 16.7. The molecule has 1 saturated heterocycles. The quantitative estimate of drug-likeness (QED) is 0.345. The van der Waals surface area contributed by atoms with Crippen LogP contribution in [0.2, 0.25) is 0 Å². The first-order chi connectivity index (χ1) is 18.0.